The molecule has 0 spiro atoms. The lowest BCUT2D eigenvalue weighted by molar-refractivity contribution is -0.121. The molecule has 0 aliphatic heterocycles. The molecule has 0 aliphatic rings. The number of hydrogen-bond acceptors (Lipinski definition) is 3. The number of amides is 1. The molecule has 0 heterocycles. The van der Waals surface area contributed by atoms with E-state index in [-0.39, 0.29) is 5.91 Å². The molecule has 4 aromatic carbocycles. The molecule has 4 heteroatoms. The standard InChI is InChI=1S/C26H22N2O2/c1-30-24-17-16-19-10-8-9-15-22(19)23(24)18-27-28-26(29)25(20-11-4-2-5-12-20)21-13-6-3-7-14-21/h2-18,25H,1H3,(H,28,29)/b27-18-. The fourth-order valence-electron chi connectivity index (χ4n) is 3.60. The van der Waals surface area contributed by atoms with E-state index in [0.717, 1.165) is 27.5 Å². The number of nitrogens with one attached hydrogen (secondary N) is 1. The van der Waals surface area contributed by atoms with Crippen LogP contribution in [0.3, 0.4) is 0 Å². The summed E-state index contributed by atoms with van der Waals surface area (Å²) < 4.78 is 5.49. The predicted octanol–water partition coefficient (Wildman–Crippen LogP) is 5.13. The fourth-order valence-corrected chi connectivity index (χ4v) is 3.60. The Labute approximate surface area is 175 Å². The zero-order chi connectivity index (χ0) is 20.8. The van der Waals surface area contributed by atoms with Crippen molar-refractivity contribution in [2.45, 2.75) is 5.92 Å². The van der Waals surface area contributed by atoms with Crippen LogP contribution in [-0.2, 0) is 4.79 Å². The van der Waals surface area contributed by atoms with E-state index in [0.29, 0.717) is 5.75 Å². The van der Waals surface area contributed by atoms with Crippen LogP contribution in [0.5, 0.6) is 5.75 Å². The average molecular weight is 394 g/mol. The molecule has 0 atom stereocenters. The van der Waals surface area contributed by atoms with Crippen LogP contribution in [0.2, 0.25) is 0 Å². The van der Waals surface area contributed by atoms with Crippen LogP contribution >= 0.6 is 0 Å². The number of nitrogens with zero attached hydrogens (tertiary/aromatic N) is 1. The number of carbonyl (C=O) groups is 1. The maximum absolute atomic E-state index is 13.1. The smallest absolute Gasteiger partial charge is 0.252 e. The van der Waals surface area contributed by atoms with Crippen molar-refractivity contribution in [3.63, 3.8) is 0 Å². The summed E-state index contributed by atoms with van der Waals surface area (Å²) in [5.41, 5.74) is 5.38. The molecular weight excluding hydrogens is 372 g/mol. The Morgan fingerprint density at radius 1 is 0.833 bits per heavy atom. The first kappa shape index (κ1) is 19.4. The number of hydrogen-bond donors (Lipinski definition) is 1. The van der Waals surface area contributed by atoms with Crippen molar-refractivity contribution in [2.75, 3.05) is 7.11 Å². The van der Waals surface area contributed by atoms with Gasteiger partial charge in [-0.05, 0) is 28.0 Å². The summed E-state index contributed by atoms with van der Waals surface area (Å²) in [6.45, 7) is 0. The van der Waals surface area contributed by atoms with Crippen LogP contribution in [0.15, 0.2) is 102 Å². The van der Waals surface area contributed by atoms with Crippen molar-refractivity contribution >= 4 is 22.9 Å². The van der Waals surface area contributed by atoms with E-state index in [2.05, 4.69) is 10.5 Å². The molecule has 4 aromatic rings. The molecule has 30 heavy (non-hydrogen) atoms. The number of ether oxygens (including phenoxy) is 1. The van der Waals surface area contributed by atoms with E-state index in [4.69, 9.17) is 4.74 Å². The molecule has 0 fully saturated rings. The minimum absolute atomic E-state index is 0.192. The van der Waals surface area contributed by atoms with Gasteiger partial charge in [0.05, 0.1) is 19.2 Å². The lowest BCUT2D eigenvalue weighted by Gasteiger charge is -2.16. The van der Waals surface area contributed by atoms with Gasteiger partial charge in [0.25, 0.3) is 5.91 Å². The van der Waals surface area contributed by atoms with Gasteiger partial charge in [-0.2, -0.15) is 5.10 Å². The Morgan fingerprint density at radius 3 is 2.07 bits per heavy atom. The van der Waals surface area contributed by atoms with Gasteiger partial charge in [0, 0.05) is 5.56 Å². The maximum atomic E-state index is 13.1. The molecule has 1 N–H and O–H groups in total. The van der Waals surface area contributed by atoms with Gasteiger partial charge in [0.15, 0.2) is 0 Å². The van der Waals surface area contributed by atoms with Gasteiger partial charge in [-0.3, -0.25) is 4.79 Å². The average Bonchev–Trinajstić information content (AvgIpc) is 2.81. The van der Waals surface area contributed by atoms with Gasteiger partial charge in [-0.1, -0.05) is 91.0 Å². The topological polar surface area (TPSA) is 50.7 Å². The molecule has 0 bridgehead atoms. The van der Waals surface area contributed by atoms with Crippen molar-refractivity contribution in [3.8, 4) is 5.75 Å². The number of hydrazone groups is 1. The van der Waals surface area contributed by atoms with Crippen LogP contribution in [-0.4, -0.2) is 19.2 Å². The van der Waals surface area contributed by atoms with Crippen molar-refractivity contribution in [2.24, 2.45) is 5.10 Å². The number of benzene rings is 4. The molecule has 4 nitrogen and oxygen atoms in total. The molecule has 0 radical (unpaired) electrons. The largest absolute Gasteiger partial charge is 0.496 e. The summed E-state index contributed by atoms with van der Waals surface area (Å²) in [4.78, 5) is 13.1. The lowest BCUT2D eigenvalue weighted by atomic mass is 9.91. The Hall–Kier alpha value is -3.92. The minimum atomic E-state index is -0.445. The number of methoxy groups -OCH3 is 1. The molecule has 0 saturated carbocycles. The van der Waals surface area contributed by atoms with Crippen molar-refractivity contribution in [1.82, 2.24) is 5.43 Å². The van der Waals surface area contributed by atoms with Crippen LogP contribution in [0.4, 0.5) is 0 Å². The maximum Gasteiger partial charge on any atom is 0.252 e. The third-order valence-electron chi connectivity index (χ3n) is 5.05. The second-order valence-corrected chi connectivity index (χ2v) is 6.89. The first-order valence-electron chi connectivity index (χ1n) is 9.76. The van der Waals surface area contributed by atoms with Crippen molar-refractivity contribution in [3.05, 3.63) is 114 Å². The Kier molecular flexibility index (Phi) is 5.85. The van der Waals surface area contributed by atoms with Crippen LogP contribution in [0.1, 0.15) is 22.6 Å². The summed E-state index contributed by atoms with van der Waals surface area (Å²) >= 11 is 0. The highest BCUT2D eigenvalue weighted by molar-refractivity contribution is 6.02. The molecule has 0 unspecified atom stereocenters. The molecule has 1 amide bonds. The van der Waals surface area contributed by atoms with Gasteiger partial charge in [-0.15, -0.1) is 0 Å². The highest BCUT2D eigenvalue weighted by atomic mass is 16.5. The van der Waals surface area contributed by atoms with Gasteiger partial charge in [0.1, 0.15) is 5.75 Å². The third kappa shape index (κ3) is 4.08. The van der Waals surface area contributed by atoms with Crippen molar-refractivity contribution < 1.29 is 9.53 Å². The molecule has 4 rings (SSSR count). The normalized spacial score (nSPS) is 11.1. The zero-order valence-electron chi connectivity index (χ0n) is 16.7. The summed E-state index contributed by atoms with van der Waals surface area (Å²) in [6, 6.07) is 31.3. The van der Waals surface area contributed by atoms with Crippen LogP contribution < -0.4 is 10.2 Å². The highest BCUT2D eigenvalue weighted by Crippen LogP contribution is 2.27. The quantitative estimate of drug-likeness (QED) is 0.364. The minimum Gasteiger partial charge on any atom is -0.496 e. The van der Waals surface area contributed by atoms with E-state index in [9.17, 15) is 4.79 Å². The second kappa shape index (κ2) is 9.05. The molecule has 0 aliphatic carbocycles. The van der Waals surface area contributed by atoms with Crippen molar-refractivity contribution in [1.29, 1.82) is 0 Å². The number of carbonyl (C=O) groups excluding carboxylic acids is 1. The molecule has 0 saturated heterocycles. The molecular formula is C26H22N2O2. The van der Waals surface area contributed by atoms with Crippen LogP contribution in [0, 0.1) is 0 Å². The Morgan fingerprint density at radius 2 is 1.43 bits per heavy atom. The van der Waals surface area contributed by atoms with Gasteiger partial charge in [-0.25, -0.2) is 5.43 Å². The second-order valence-electron chi connectivity index (χ2n) is 6.89. The first-order chi connectivity index (χ1) is 14.8. The lowest BCUT2D eigenvalue weighted by Crippen LogP contribution is -2.26. The van der Waals surface area contributed by atoms with E-state index in [1.54, 1.807) is 13.3 Å². The van der Waals surface area contributed by atoms with Crippen LogP contribution in [0.25, 0.3) is 10.8 Å². The van der Waals surface area contributed by atoms with E-state index in [1.165, 1.54) is 0 Å². The predicted molar refractivity (Wildman–Crippen MR) is 121 cm³/mol. The third-order valence-corrected chi connectivity index (χ3v) is 5.05. The highest BCUT2D eigenvalue weighted by Gasteiger charge is 2.22. The zero-order valence-corrected chi connectivity index (χ0v) is 16.7. The van der Waals surface area contributed by atoms with E-state index < -0.39 is 5.92 Å². The fraction of sp³-hybridized carbons (Fsp3) is 0.0769. The van der Waals surface area contributed by atoms with E-state index >= 15 is 0 Å². The van der Waals surface area contributed by atoms with Gasteiger partial charge >= 0.3 is 0 Å². The van der Waals surface area contributed by atoms with E-state index in [1.807, 2.05) is 97.1 Å². The summed E-state index contributed by atoms with van der Waals surface area (Å²) in [5.74, 6) is 0.0659. The summed E-state index contributed by atoms with van der Waals surface area (Å²) in [7, 11) is 1.63. The summed E-state index contributed by atoms with van der Waals surface area (Å²) in [6.07, 6.45) is 1.64. The molecule has 0 aromatic heterocycles. The van der Waals surface area contributed by atoms with Gasteiger partial charge in [0.2, 0.25) is 0 Å². The Balaban J connectivity index is 1.63. The first-order valence-corrected chi connectivity index (χ1v) is 9.76. The monoisotopic (exact) mass is 394 g/mol. The number of rotatable bonds is 6. The SMILES string of the molecule is COc1ccc2ccccc2c1/C=N\NC(=O)C(c1ccccc1)c1ccccc1. The molecule has 148 valence electrons. The summed E-state index contributed by atoms with van der Waals surface area (Å²) in [5, 5.41) is 6.36. The van der Waals surface area contributed by atoms with Gasteiger partial charge < -0.3 is 4.74 Å². The number of fused-ring (bicyclic) bond motifs is 1. The Bertz CT molecular complexity index is 1130.